The summed E-state index contributed by atoms with van der Waals surface area (Å²) in [4.78, 5) is 27.3. The Kier molecular flexibility index (Phi) is 5.37. The number of hydrogen-bond acceptors (Lipinski definition) is 7. The normalized spacial score (nSPS) is 27.4. The van der Waals surface area contributed by atoms with Crippen LogP contribution in [0.5, 0.6) is 17.2 Å². The molecule has 0 fully saturated rings. The maximum atomic E-state index is 14.1. The number of benzene rings is 2. The summed E-state index contributed by atoms with van der Waals surface area (Å²) >= 11 is 6.56. The van der Waals surface area contributed by atoms with Crippen LogP contribution in [0.3, 0.4) is 0 Å². The van der Waals surface area contributed by atoms with Gasteiger partial charge in [0.25, 0.3) is 0 Å². The molecule has 178 valence electrons. The van der Waals surface area contributed by atoms with Gasteiger partial charge in [0.1, 0.15) is 27.7 Å². The van der Waals surface area contributed by atoms with Crippen molar-refractivity contribution in [1.82, 2.24) is 0 Å². The van der Waals surface area contributed by atoms with Gasteiger partial charge in [0.05, 0.1) is 14.2 Å². The van der Waals surface area contributed by atoms with Crippen LogP contribution in [0.1, 0.15) is 42.1 Å². The van der Waals surface area contributed by atoms with E-state index in [4.69, 9.17) is 30.5 Å². The van der Waals surface area contributed by atoms with Gasteiger partial charge < -0.3 is 24.1 Å². The number of aliphatic hydroxyl groups excluding tert-OH is 1. The highest BCUT2D eigenvalue weighted by molar-refractivity contribution is 6.35. The van der Waals surface area contributed by atoms with E-state index in [0.29, 0.717) is 11.3 Å². The summed E-state index contributed by atoms with van der Waals surface area (Å²) in [6.07, 6.45) is 0.602. The summed E-state index contributed by atoms with van der Waals surface area (Å²) in [6, 6.07) is 11.0. The van der Waals surface area contributed by atoms with Crippen LogP contribution < -0.4 is 14.2 Å². The molecule has 5 rings (SSSR count). The number of methoxy groups -OCH3 is 2. The molecule has 0 radical (unpaired) electrons. The second-order valence-corrected chi connectivity index (χ2v) is 9.29. The molecule has 0 bridgehead atoms. The smallest absolute Gasteiger partial charge is 0.231 e. The molecule has 1 unspecified atom stereocenters. The maximum Gasteiger partial charge on any atom is 0.231 e. The van der Waals surface area contributed by atoms with Gasteiger partial charge in [0.15, 0.2) is 17.3 Å². The second-order valence-electron chi connectivity index (χ2n) is 8.91. The Hall–Kier alpha value is -3.03. The summed E-state index contributed by atoms with van der Waals surface area (Å²) in [6.45, 7) is 1.64. The standard InChI is InChI=1S/C26H25ClO7/c1-14-11-17(29)16-13-25(9-10-28,15-7-5-4-6-8-15)34-24(16)26(14)23(30)20-18(31-2)12-19(32-3)21(27)22(20)33-26/h4-8,12,14,28H,9-11,13H2,1-3H3/t14-,25?,26-/m1/s1. The molecule has 1 aliphatic carbocycles. The lowest BCUT2D eigenvalue weighted by atomic mass is 9.72. The lowest BCUT2D eigenvalue weighted by Crippen LogP contribution is -2.52. The van der Waals surface area contributed by atoms with Gasteiger partial charge in [-0.1, -0.05) is 48.9 Å². The van der Waals surface area contributed by atoms with Crippen molar-refractivity contribution in [1.29, 1.82) is 0 Å². The van der Waals surface area contributed by atoms with E-state index in [0.717, 1.165) is 5.56 Å². The minimum Gasteiger partial charge on any atom is -0.496 e. The average molecular weight is 485 g/mol. The Bertz CT molecular complexity index is 1220. The first-order valence-corrected chi connectivity index (χ1v) is 11.5. The average Bonchev–Trinajstić information content (AvgIpc) is 3.38. The molecule has 0 aromatic heterocycles. The largest absolute Gasteiger partial charge is 0.496 e. The zero-order chi connectivity index (χ0) is 24.3. The van der Waals surface area contributed by atoms with Crippen molar-refractivity contribution in [2.45, 2.75) is 37.4 Å². The Morgan fingerprint density at radius 1 is 1.12 bits per heavy atom. The van der Waals surface area contributed by atoms with Gasteiger partial charge in [-0.25, -0.2) is 0 Å². The number of rotatable bonds is 5. The Labute approximate surface area is 202 Å². The maximum absolute atomic E-state index is 14.1. The van der Waals surface area contributed by atoms with Crippen LogP contribution in [0, 0.1) is 5.92 Å². The summed E-state index contributed by atoms with van der Waals surface area (Å²) < 4.78 is 23.8. The molecule has 1 spiro atoms. The van der Waals surface area contributed by atoms with Crippen LogP contribution in [0.2, 0.25) is 5.02 Å². The van der Waals surface area contributed by atoms with E-state index in [1.54, 1.807) is 13.0 Å². The van der Waals surface area contributed by atoms with Gasteiger partial charge >= 0.3 is 0 Å². The van der Waals surface area contributed by atoms with Crippen molar-refractivity contribution in [3.05, 3.63) is 63.9 Å². The first-order chi connectivity index (χ1) is 16.3. The van der Waals surface area contributed by atoms with Gasteiger partial charge in [0, 0.05) is 43.4 Å². The second kappa shape index (κ2) is 8.03. The van der Waals surface area contributed by atoms with Gasteiger partial charge in [0.2, 0.25) is 11.4 Å². The van der Waals surface area contributed by atoms with Gasteiger partial charge in [-0.3, -0.25) is 9.59 Å². The highest BCUT2D eigenvalue weighted by Gasteiger charge is 2.65. The van der Waals surface area contributed by atoms with E-state index < -0.39 is 17.1 Å². The van der Waals surface area contributed by atoms with E-state index in [9.17, 15) is 14.7 Å². The zero-order valence-corrected chi connectivity index (χ0v) is 19.9. The summed E-state index contributed by atoms with van der Waals surface area (Å²) in [5.74, 6) is -0.0536. The first kappa shape index (κ1) is 22.7. The minimum atomic E-state index is -1.57. The quantitative estimate of drug-likeness (QED) is 0.679. The van der Waals surface area contributed by atoms with Crippen molar-refractivity contribution in [2.24, 2.45) is 5.92 Å². The third-order valence-electron chi connectivity index (χ3n) is 7.13. The van der Waals surface area contributed by atoms with Crippen LogP contribution >= 0.6 is 11.6 Å². The molecule has 2 aliphatic heterocycles. The Morgan fingerprint density at radius 3 is 2.47 bits per heavy atom. The molecule has 34 heavy (non-hydrogen) atoms. The molecule has 0 amide bonds. The third kappa shape index (κ3) is 2.93. The van der Waals surface area contributed by atoms with Crippen LogP contribution in [0.4, 0.5) is 0 Å². The number of carbonyl (C=O) groups excluding carboxylic acids is 2. The molecule has 8 heteroatoms. The van der Waals surface area contributed by atoms with E-state index in [-0.39, 0.29) is 65.3 Å². The molecule has 0 saturated carbocycles. The van der Waals surface area contributed by atoms with Crippen molar-refractivity contribution in [2.75, 3.05) is 20.8 Å². The number of halogens is 1. The number of Topliss-reactive ketones (excluding diaryl/α,β-unsaturated/α-hetero) is 2. The van der Waals surface area contributed by atoms with Gasteiger partial charge in [-0.05, 0) is 5.56 Å². The van der Waals surface area contributed by atoms with Crippen molar-refractivity contribution in [3.8, 4) is 17.2 Å². The number of fused-ring (bicyclic) bond motifs is 2. The Morgan fingerprint density at radius 2 is 1.82 bits per heavy atom. The molecular weight excluding hydrogens is 460 g/mol. The molecule has 2 aromatic rings. The fourth-order valence-corrected chi connectivity index (χ4v) is 5.66. The lowest BCUT2D eigenvalue weighted by Gasteiger charge is -2.38. The number of carbonyl (C=O) groups is 2. The fraction of sp³-hybridized carbons (Fsp3) is 0.385. The molecule has 1 N–H and O–H groups in total. The van der Waals surface area contributed by atoms with Crippen molar-refractivity contribution < 1.29 is 33.6 Å². The summed E-state index contributed by atoms with van der Waals surface area (Å²) in [5.41, 5.74) is -1.13. The summed E-state index contributed by atoms with van der Waals surface area (Å²) in [5, 5.41) is 10.0. The third-order valence-corrected chi connectivity index (χ3v) is 7.49. The molecule has 0 saturated heterocycles. The van der Waals surface area contributed by atoms with Crippen LogP contribution in [0.15, 0.2) is 47.7 Å². The van der Waals surface area contributed by atoms with Gasteiger partial charge in [-0.2, -0.15) is 0 Å². The number of hydrogen-bond donors (Lipinski definition) is 1. The predicted molar refractivity (Wildman–Crippen MR) is 124 cm³/mol. The molecule has 3 aliphatic rings. The Balaban J connectivity index is 1.69. The summed E-state index contributed by atoms with van der Waals surface area (Å²) in [7, 11) is 2.92. The van der Waals surface area contributed by atoms with Crippen LogP contribution in [0.25, 0.3) is 0 Å². The lowest BCUT2D eigenvalue weighted by molar-refractivity contribution is -0.119. The SMILES string of the molecule is COc1cc(OC)c2c(c1Cl)O[C@]1(C2=O)C2=C(CC(CCO)(c3ccccc3)O2)C(=O)C[C@H]1C. The fourth-order valence-electron chi connectivity index (χ4n) is 5.40. The van der Waals surface area contributed by atoms with E-state index in [1.165, 1.54) is 14.2 Å². The van der Waals surface area contributed by atoms with E-state index in [1.807, 2.05) is 30.3 Å². The van der Waals surface area contributed by atoms with Gasteiger partial charge in [-0.15, -0.1) is 0 Å². The zero-order valence-electron chi connectivity index (χ0n) is 19.1. The molecule has 7 nitrogen and oxygen atoms in total. The van der Waals surface area contributed by atoms with E-state index >= 15 is 0 Å². The predicted octanol–water partition coefficient (Wildman–Crippen LogP) is 4.23. The molecule has 3 atom stereocenters. The topological polar surface area (TPSA) is 91.3 Å². The van der Waals surface area contributed by atoms with Crippen LogP contribution in [-0.2, 0) is 15.1 Å². The van der Waals surface area contributed by atoms with Crippen LogP contribution in [-0.4, -0.2) is 43.1 Å². The minimum absolute atomic E-state index is 0.0909. The number of ketones is 2. The van der Waals surface area contributed by atoms with E-state index in [2.05, 4.69) is 0 Å². The molecular formula is C26H25ClO7. The number of aliphatic hydroxyl groups is 1. The van der Waals surface area contributed by atoms with Crippen molar-refractivity contribution >= 4 is 23.2 Å². The molecule has 2 heterocycles. The highest BCUT2D eigenvalue weighted by atomic mass is 35.5. The van der Waals surface area contributed by atoms with Crippen molar-refractivity contribution in [3.63, 3.8) is 0 Å². The first-order valence-electron chi connectivity index (χ1n) is 11.1. The monoisotopic (exact) mass is 484 g/mol. The molecule has 2 aromatic carbocycles. The number of ether oxygens (including phenoxy) is 4. The highest BCUT2D eigenvalue weighted by Crippen LogP contribution is 2.59.